The largest absolute Gasteiger partial charge is 0.374 e. The first kappa shape index (κ1) is 19.6. The normalized spacial score (nSPS) is 21.5. The van der Waals surface area contributed by atoms with Crippen molar-refractivity contribution >= 4 is 0 Å². The minimum atomic E-state index is 0.791. The number of nitrogens with zero attached hydrogens (tertiary/aromatic N) is 1. The van der Waals surface area contributed by atoms with Gasteiger partial charge in [0.1, 0.15) is 0 Å². The number of hydrogen-bond donors (Lipinski definition) is 0. The zero-order valence-corrected chi connectivity index (χ0v) is 15.9. The van der Waals surface area contributed by atoms with E-state index < -0.39 is 0 Å². The summed E-state index contributed by atoms with van der Waals surface area (Å²) in [5.41, 5.74) is 1.73. The first-order valence-electron chi connectivity index (χ1n) is 10.2. The van der Waals surface area contributed by atoms with Crippen molar-refractivity contribution < 1.29 is 0 Å². The fourth-order valence-electron chi connectivity index (χ4n) is 3.75. The van der Waals surface area contributed by atoms with Crippen LogP contribution in [0.5, 0.6) is 0 Å². The Morgan fingerprint density at radius 3 is 2.14 bits per heavy atom. The summed E-state index contributed by atoms with van der Waals surface area (Å²) >= 11 is 0. The van der Waals surface area contributed by atoms with Crippen molar-refractivity contribution in [3.8, 4) is 0 Å². The summed E-state index contributed by atoms with van der Waals surface area (Å²) in [6, 6.07) is 0.796. The third kappa shape index (κ3) is 6.75. The van der Waals surface area contributed by atoms with E-state index in [1.54, 1.807) is 5.57 Å². The number of rotatable bonds is 13. The van der Waals surface area contributed by atoms with Crippen molar-refractivity contribution in [2.24, 2.45) is 5.92 Å². The Morgan fingerprint density at radius 1 is 0.818 bits per heavy atom. The molecule has 0 spiro atoms. The molecule has 0 amide bonds. The predicted molar refractivity (Wildman–Crippen MR) is 100 cm³/mol. The average Bonchev–Trinajstić information content (AvgIpc) is 2.82. The maximum atomic E-state index is 2.70. The van der Waals surface area contributed by atoms with Crippen molar-refractivity contribution in [1.82, 2.24) is 4.90 Å². The third-order valence-electron chi connectivity index (χ3n) is 5.36. The van der Waals surface area contributed by atoms with Crippen molar-refractivity contribution in [1.29, 1.82) is 0 Å². The summed E-state index contributed by atoms with van der Waals surface area (Å²) in [6.45, 7) is 10.7. The van der Waals surface area contributed by atoms with Crippen LogP contribution in [0.4, 0.5) is 0 Å². The Bertz CT molecular complexity index is 294. The monoisotopic (exact) mass is 307 g/mol. The highest BCUT2D eigenvalue weighted by Crippen LogP contribution is 2.34. The summed E-state index contributed by atoms with van der Waals surface area (Å²) < 4.78 is 0. The van der Waals surface area contributed by atoms with E-state index in [2.05, 4.69) is 38.8 Å². The second-order valence-electron chi connectivity index (χ2n) is 7.31. The zero-order chi connectivity index (χ0) is 16.2. The van der Waals surface area contributed by atoms with Crippen molar-refractivity contribution in [2.45, 2.75) is 111 Å². The van der Waals surface area contributed by atoms with Crippen LogP contribution >= 0.6 is 0 Å². The Morgan fingerprint density at radius 2 is 1.45 bits per heavy atom. The van der Waals surface area contributed by atoms with Gasteiger partial charge >= 0.3 is 0 Å². The van der Waals surface area contributed by atoms with Crippen molar-refractivity contribution in [3.05, 3.63) is 11.8 Å². The molecule has 22 heavy (non-hydrogen) atoms. The summed E-state index contributed by atoms with van der Waals surface area (Å²) in [6.07, 6.45) is 19.1. The lowest BCUT2D eigenvalue weighted by Crippen LogP contribution is -2.32. The molecule has 2 atom stereocenters. The van der Waals surface area contributed by atoms with Crippen LogP contribution in [-0.2, 0) is 0 Å². The van der Waals surface area contributed by atoms with Crippen LogP contribution in [0.3, 0.4) is 0 Å². The number of hydrogen-bond acceptors (Lipinski definition) is 1. The molecule has 0 saturated carbocycles. The van der Waals surface area contributed by atoms with Gasteiger partial charge in [0.25, 0.3) is 0 Å². The van der Waals surface area contributed by atoms with Gasteiger partial charge in [0, 0.05) is 12.6 Å². The Kier molecular flexibility index (Phi) is 10.7. The molecule has 0 radical (unpaired) electrons. The molecule has 0 saturated heterocycles. The molecule has 0 fully saturated rings. The summed E-state index contributed by atoms with van der Waals surface area (Å²) in [4.78, 5) is 2.70. The standard InChI is InChI=1S/C21H41N/c1-5-8-11-12-13-14-16-21-19(4)20(15-9-6-2)18-22(21)17-10-7-3/h18-19,21H,5-17H2,1-4H3. The maximum absolute atomic E-state index is 2.70. The van der Waals surface area contributed by atoms with E-state index in [1.807, 2.05) is 0 Å². The maximum Gasteiger partial charge on any atom is 0.0347 e. The third-order valence-corrected chi connectivity index (χ3v) is 5.36. The van der Waals surface area contributed by atoms with Gasteiger partial charge in [-0.25, -0.2) is 0 Å². The molecule has 1 nitrogen and oxygen atoms in total. The Hall–Kier alpha value is -0.460. The first-order chi connectivity index (χ1) is 10.7. The minimum absolute atomic E-state index is 0.791. The first-order valence-corrected chi connectivity index (χ1v) is 10.2. The van der Waals surface area contributed by atoms with Crippen LogP contribution in [0.1, 0.15) is 105 Å². The number of unbranched alkanes of at least 4 members (excludes halogenated alkanes) is 7. The molecule has 2 unspecified atom stereocenters. The second kappa shape index (κ2) is 12.0. The van der Waals surface area contributed by atoms with Gasteiger partial charge in [-0.2, -0.15) is 0 Å². The lowest BCUT2D eigenvalue weighted by atomic mass is 9.90. The molecule has 0 aliphatic carbocycles. The van der Waals surface area contributed by atoms with E-state index in [9.17, 15) is 0 Å². The topological polar surface area (TPSA) is 3.24 Å². The summed E-state index contributed by atoms with van der Waals surface area (Å²) in [5.74, 6) is 0.791. The van der Waals surface area contributed by atoms with Crippen LogP contribution in [0.15, 0.2) is 11.8 Å². The zero-order valence-electron chi connectivity index (χ0n) is 15.9. The van der Waals surface area contributed by atoms with Crippen LogP contribution in [0, 0.1) is 5.92 Å². The molecule has 1 heterocycles. The van der Waals surface area contributed by atoms with Crippen molar-refractivity contribution in [2.75, 3.05) is 6.54 Å². The van der Waals surface area contributed by atoms with Gasteiger partial charge in [0.2, 0.25) is 0 Å². The predicted octanol–water partition coefficient (Wildman–Crippen LogP) is 6.93. The summed E-state index contributed by atoms with van der Waals surface area (Å²) in [7, 11) is 0. The fraction of sp³-hybridized carbons (Fsp3) is 0.905. The Balaban J connectivity index is 2.40. The SMILES string of the molecule is CCCCCCCCC1C(C)C(CCCC)=CN1CCCC. The van der Waals surface area contributed by atoms with Gasteiger partial charge < -0.3 is 4.90 Å². The molecule has 1 heteroatoms. The Labute approximate surface area is 140 Å². The molecule has 0 aromatic heterocycles. The van der Waals surface area contributed by atoms with E-state index >= 15 is 0 Å². The molecule has 1 aliphatic rings. The van der Waals surface area contributed by atoms with Gasteiger partial charge in [-0.15, -0.1) is 0 Å². The molecular weight excluding hydrogens is 266 g/mol. The van der Waals surface area contributed by atoms with E-state index in [1.165, 1.54) is 83.6 Å². The van der Waals surface area contributed by atoms with Gasteiger partial charge in [0.15, 0.2) is 0 Å². The molecular formula is C21H41N. The highest BCUT2D eigenvalue weighted by Gasteiger charge is 2.30. The van der Waals surface area contributed by atoms with Crippen LogP contribution < -0.4 is 0 Å². The van der Waals surface area contributed by atoms with Crippen LogP contribution in [0.2, 0.25) is 0 Å². The lowest BCUT2D eigenvalue weighted by Gasteiger charge is -2.29. The molecule has 0 aromatic rings. The molecule has 1 aliphatic heterocycles. The molecule has 0 bridgehead atoms. The lowest BCUT2D eigenvalue weighted by molar-refractivity contribution is 0.237. The van der Waals surface area contributed by atoms with E-state index in [0.717, 1.165) is 12.0 Å². The van der Waals surface area contributed by atoms with Gasteiger partial charge in [-0.1, -0.05) is 79.1 Å². The minimum Gasteiger partial charge on any atom is -0.374 e. The smallest absolute Gasteiger partial charge is 0.0347 e. The molecule has 0 aromatic carbocycles. The van der Waals surface area contributed by atoms with Crippen LogP contribution in [-0.4, -0.2) is 17.5 Å². The molecule has 1 rings (SSSR count). The van der Waals surface area contributed by atoms with Gasteiger partial charge in [0.05, 0.1) is 0 Å². The molecule has 130 valence electrons. The van der Waals surface area contributed by atoms with Crippen LogP contribution in [0.25, 0.3) is 0 Å². The van der Waals surface area contributed by atoms with E-state index in [-0.39, 0.29) is 0 Å². The van der Waals surface area contributed by atoms with Crippen molar-refractivity contribution in [3.63, 3.8) is 0 Å². The highest BCUT2D eigenvalue weighted by atomic mass is 15.2. The average molecular weight is 308 g/mol. The van der Waals surface area contributed by atoms with Gasteiger partial charge in [-0.05, 0) is 43.4 Å². The highest BCUT2D eigenvalue weighted by molar-refractivity contribution is 5.16. The van der Waals surface area contributed by atoms with Gasteiger partial charge in [-0.3, -0.25) is 0 Å². The second-order valence-corrected chi connectivity index (χ2v) is 7.31. The fourth-order valence-corrected chi connectivity index (χ4v) is 3.75. The summed E-state index contributed by atoms with van der Waals surface area (Å²) in [5, 5.41) is 0. The molecule has 0 N–H and O–H groups in total. The quantitative estimate of drug-likeness (QED) is 0.333. The van der Waals surface area contributed by atoms with E-state index in [4.69, 9.17) is 0 Å². The van der Waals surface area contributed by atoms with E-state index in [0.29, 0.717) is 0 Å².